The number of hydrogen-bond acceptors (Lipinski definition) is 3. The van der Waals surface area contributed by atoms with Crippen molar-refractivity contribution in [2.45, 2.75) is 6.54 Å². The number of ether oxygens (including phenoxy) is 1. The topological polar surface area (TPSA) is 64.3 Å². The van der Waals surface area contributed by atoms with E-state index in [9.17, 15) is 4.79 Å². The van der Waals surface area contributed by atoms with Crippen LogP contribution in [-0.4, -0.2) is 13.0 Å². The number of carbonyl (C=O) groups excluding carboxylic acids is 1. The van der Waals surface area contributed by atoms with Crippen LogP contribution in [0.3, 0.4) is 0 Å². The molecule has 0 unspecified atom stereocenters. The number of anilines is 1. The van der Waals surface area contributed by atoms with E-state index in [4.69, 9.17) is 22.1 Å². The summed E-state index contributed by atoms with van der Waals surface area (Å²) in [6.45, 7) is 0.560. The molecule has 2 aromatic rings. The molecule has 0 atom stereocenters. The number of rotatable bonds is 5. The van der Waals surface area contributed by atoms with E-state index in [1.807, 2.05) is 18.2 Å². The van der Waals surface area contributed by atoms with Crippen LogP contribution in [0, 0.1) is 0 Å². The van der Waals surface area contributed by atoms with Crippen molar-refractivity contribution in [3.63, 3.8) is 0 Å². The highest BCUT2D eigenvalue weighted by atomic mass is 79.9. The van der Waals surface area contributed by atoms with Crippen molar-refractivity contribution in [3.05, 3.63) is 57.0 Å². The lowest BCUT2D eigenvalue weighted by atomic mass is 10.1. The van der Waals surface area contributed by atoms with E-state index in [0.29, 0.717) is 22.8 Å². The zero-order chi connectivity index (χ0) is 15.4. The molecule has 0 heterocycles. The summed E-state index contributed by atoms with van der Waals surface area (Å²) in [6, 6.07) is 10.7. The third-order valence-corrected chi connectivity index (χ3v) is 3.90. The maximum absolute atomic E-state index is 11.2. The van der Waals surface area contributed by atoms with Gasteiger partial charge in [0, 0.05) is 12.1 Å². The number of amides is 1. The minimum Gasteiger partial charge on any atom is -0.496 e. The number of nitrogens with two attached hydrogens (primary N) is 1. The van der Waals surface area contributed by atoms with Gasteiger partial charge in [0.15, 0.2) is 0 Å². The van der Waals surface area contributed by atoms with Gasteiger partial charge in [-0.05, 0) is 51.8 Å². The fraction of sp³-hybridized carbons (Fsp3) is 0.133. The predicted molar refractivity (Wildman–Crippen MR) is 88.0 cm³/mol. The molecule has 0 bridgehead atoms. The van der Waals surface area contributed by atoms with Gasteiger partial charge in [0.1, 0.15) is 5.75 Å². The first-order valence-corrected chi connectivity index (χ1v) is 7.34. The van der Waals surface area contributed by atoms with Crippen molar-refractivity contribution in [1.29, 1.82) is 0 Å². The van der Waals surface area contributed by atoms with Crippen molar-refractivity contribution in [2.75, 3.05) is 12.4 Å². The minimum atomic E-state index is -0.484. The largest absolute Gasteiger partial charge is 0.496 e. The zero-order valence-electron chi connectivity index (χ0n) is 11.3. The van der Waals surface area contributed by atoms with Gasteiger partial charge in [0.2, 0.25) is 5.91 Å². The molecule has 0 aliphatic carbocycles. The number of halogens is 2. The van der Waals surface area contributed by atoms with Crippen LogP contribution in [0.2, 0.25) is 5.02 Å². The third kappa shape index (κ3) is 3.89. The third-order valence-electron chi connectivity index (χ3n) is 2.95. The van der Waals surface area contributed by atoms with Crippen LogP contribution >= 0.6 is 27.5 Å². The van der Waals surface area contributed by atoms with Crippen LogP contribution < -0.4 is 15.8 Å². The number of primary amides is 1. The van der Waals surface area contributed by atoms with E-state index in [-0.39, 0.29) is 0 Å². The Bertz CT molecular complexity index is 677. The SMILES string of the molecule is COc1ccc(CNc2cc(C(N)=O)ccc2Cl)cc1Br. The molecule has 4 nitrogen and oxygen atoms in total. The summed E-state index contributed by atoms with van der Waals surface area (Å²) in [7, 11) is 1.62. The second-order valence-electron chi connectivity index (χ2n) is 4.38. The smallest absolute Gasteiger partial charge is 0.248 e. The van der Waals surface area contributed by atoms with Gasteiger partial charge in [-0.25, -0.2) is 0 Å². The maximum atomic E-state index is 11.2. The Morgan fingerprint density at radius 3 is 2.71 bits per heavy atom. The van der Waals surface area contributed by atoms with Crippen molar-refractivity contribution in [3.8, 4) is 5.75 Å². The average Bonchev–Trinajstić information content (AvgIpc) is 2.46. The number of hydrogen-bond donors (Lipinski definition) is 2. The van der Waals surface area contributed by atoms with Gasteiger partial charge in [0.25, 0.3) is 0 Å². The van der Waals surface area contributed by atoms with Crippen LogP contribution in [-0.2, 0) is 6.54 Å². The molecule has 0 saturated heterocycles. The van der Waals surface area contributed by atoms with Crippen molar-refractivity contribution in [1.82, 2.24) is 0 Å². The molecule has 0 fully saturated rings. The van der Waals surface area contributed by atoms with E-state index in [1.165, 1.54) is 0 Å². The lowest BCUT2D eigenvalue weighted by molar-refractivity contribution is 0.100. The van der Waals surface area contributed by atoms with Crippen molar-refractivity contribution >= 4 is 39.1 Å². The Kier molecular flexibility index (Phi) is 5.09. The van der Waals surface area contributed by atoms with E-state index < -0.39 is 5.91 Å². The Morgan fingerprint density at radius 2 is 2.10 bits per heavy atom. The van der Waals surface area contributed by atoms with E-state index in [1.54, 1.807) is 25.3 Å². The Hall–Kier alpha value is -1.72. The second kappa shape index (κ2) is 6.83. The standard InChI is InChI=1S/C15H14BrClN2O2/c1-21-14-5-2-9(6-11(14)16)8-19-13-7-10(15(18)20)3-4-12(13)17/h2-7,19H,8H2,1H3,(H2,18,20). The average molecular weight is 370 g/mol. The molecular formula is C15H14BrClN2O2. The highest BCUT2D eigenvalue weighted by Crippen LogP contribution is 2.27. The molecule has 0 radical (unpaired) electrons. The Morgan fingerprint density at radius 1 is 1.33 bits per heavy atom. The molecule has 6 heteroatoms. The summed E-state index contributed by atoms with van der Waals surface area (Å²) in [5, 5.41) is 3.72. The fourth-order valence-electron chi connectivity index (χ4n) is 1.83. The quantitative estimate of drug-likeness (QED) is 0.842. The highest BCUT2D eigenvalue weighted by Gasteiger charge is 2.06. The molecule has 0 aliphatic heterocycles. The molecule has 1 amide bonds. The Labute approximate surface area is 136 Å². The minimum absolute atomic E-state index is 0.415. The number of benzene rings is 2. The van der Waals surface area contributed by atoms with Crippen LogP contribution in [0.4, 0.5) is 5.69 Å². The fourth-order valence-corrected chi connectivity index (χ4v) is 2.60. The Balaban J connectivity index is 2.14. The van der Waals surface area contributed by atoms with E-state index in [0.717, 1.165) is 15.8 Å². The van der Waals surface area contributed by atoms with Crippen LogP contribution in [0.1, 0.15) is 15.9 Å². The summed E-state index contributed by atoms with van der Waals surface area (Å²) in [6.07, 6.45) is 0. The molecule has 0 aromatic heterocycles. The molecule has 3 N–H and O–H groups in total. The molecule has 110 valence electrons. The lowest BCUT2D eigenvalue weighted by Crippen LogP contribution is -2.11. The monoisotopic (exact) mass is 368 g/mol. The summed E-state index contributed by atoms with van der Waals surface area (Å²) in [5.41, 5.74) is 7.39. The summed E-state index contributed by atoms with van der Waals surface area (Å²) in [4.78, 5) is 11.2. The first-order valence-electron chi connectivity index (χ1n) is 6.17. The zero-order valence-corrected chi connectivity index (χ0v) is 13.7. The molecule has 0 aliphatic rings. The van der Waals surface area contributed by atoms with Gasteiger partial charge < -0.3 is 15.8 Å². The van der Waals surface area contributed by atoms with Crippen LogP contribution in [0.25, 0.3) is 0 Å². The maximum Gasteiger partial charge on any atom is 0.248 e. The normalized spacial score (nSPS) is 10.2. The van der Waals surface area contributed by atoms with Gasteiger partial charge in [-0.2, -0.15) is 0 Å². The first kappa shape index (κ1) is 15.7. The van der Waals surface area contributed by atoms with Crippen molar-refractivity contribution < 1.29 is 9.53 Å². The molecule has 2 aromatic carbocycles. The second-order valence-corrected chi connectivity index (χ2v) is 5.64. The number of carbonyl (C=O) groups is 1. The van der Waals surface area contributed by atoms with Gasteiger partial charge in [-0.3, -0.25) is 4.79 Å². The van der Waals surface area contributed by atoms with Crippen LogP contribution in [0.5, 0.6) is 5.75 Å². The molecule has 21 heavy (non-hydrogen) atoms. The van der Waals surface area contributed by atoms with E-state index in [2.05, 4.69) is 21.2 Å². The first-order chi connectivity index (χ1) is 10.0. The molecular weight excluding hydrogens is 356 g/mol. The lowest BCUT2D eigenvalue weighted by Gasteiger charge is -2.11. The molecule has 2 rings (SSSR count). The van der Waals surface area contributed by atoms with Gasteiger partial charge in [-0.15, -0.1) is 0 Å². The number of methoxy groups -OCH3 is 1. The molecule has 0 spiro atoms. The van der Waals surface area contributed by atoms with Crippen LogP contribution in [0.15, 0.2) is 40.9 Å². The van der Waals surface area contributed by atoms with Gasteiger partial charge in [-0.1, -0.05) is 17.7 Å². The number of nitrogens with one attached hydrogen (secondary N) is 1. The predicted octanol–water partition coefficient (Wildman–Crippen LogP) is 3.82. The summed E-state index contributed by atoms with van der Waals surface area (Å²) in [5.74, 6) is 0.286. The molecule has 0 saturated carbocycles. The highest BCUT2D eigenvalue weighted by molar-refractivity contribution is 9.10. The van der Waals surface area contributed by atoms with Gasteiger partial charge in [0.05, 0.1) is 22.3 Å². The van der Waals surface area contributed by atoms with Crippen molar-refractivity contribution in [2.24, 2.45) is 5.73 Å². The summed E-state index contributed by atoms with van der Waals surface area (Å²) >= 11 is 9.54. The summed E-state index contributed by atoms with van der Waals surface area (Å²) < 4.78 is 6.06. The van der Waals surface area contributed by atoms with Gasteiger partial charge >= 0.3 is 0 Å². The van der Waals surface area contributed by atoms with E-state index >= 15 is 0 Å².